The number of urea groups is 1. The summed E-state index contributed by atoms with van der Waals surface area (Å²) >= 11 is 0. The van der Waals surface area contributed by atoms with Crippen LogP contribution in [0, 0.1) is 6.92 Å². The average Bonchev–Trinajstić information content (AvgIpc) is 2.80. The molecule has 1 aliphatic rings. The molecule has 0 saturated carbocycles. The Kier molecular flexibility index (Phi) is 4.24. The van der Waals surface area contributed by atoms with E-state index in [0.29, 0.717) is 6.54 Å². The summed E-state index contributed by atoms with van der Waals surface area (Å²) in [6, 6.07) is 6.28. The van der Waals surface area contributed by atoms with Crippen molar-refractivity contribution in [2.24, 2.45) is 0 Å². The lowest BCUT2D eigenvalue weighted by atomic mass is 10.1. The van der Waals surface area contributed by atoms with Gasteiger partial charge in [-0.25, -0.2) is 9.59 Å². The van der Waals surface area contributed by atoms with Crippen LogP contribution >= 0.6 is 0 Å². The Labute approximate surface area is 117 Å². The van der Waals surface area contributed by atoms with Crippen molar-refractivity contribution < 1.29 is 19.8 Å². The first-order chi connectivity index (χ1) is 9.47. The lowest BCUT2D eigenvalue weighted by Crippen LogP contribution is -2.45. The van der Waals surface area contributed by atoms with Gasteiger partial charge in [0.25, 0.3) is 0 Å². The highest BCUT2D eigenvalue weighted by Crippen LogP contribution is 2.18. The Morgan fingerprint density at radius 3 is 2.60 bits per heavy atom. The van der Waals surface area contributed by atoms with Crippen molar-refractivity contribution >= 4 is 12.0 Å². The zero-order valence-electron chi connectivity index (χ0n) is 11.2. The SMILES string of the molecule is Cc1ccc(CNC(=O)N2CC(O)C[C@H]2C(=O)O)cc1. The molecule has 1 heterocycles. The largest absolute Gasteiger partial charge is 0.480 e. The molecule has 6 heteroatoms. The molecule has 1 fully saturated rings. The van der Waals surface area contributed by atoms with Crippen LogP contribution in [-0.2, 0) is 11.3 Å². The number of aryl methyl sites for hydroxylation is 1. The first kappa shape index (κ1) is 14.3. The fourth-order valence-electron chi connectivity index (χ4n) is 2.26. The molecule has 1 unspecified atom stereocenters. The molecule has 1 aromatic carbocycles. The van der Waals surface area contributed by atoms with Crippen LogP contribution < -0.4 is 5.32 Å². The van der Waals surface area contributed by atoms with Gasteiger partial charge in [-0.2, -0.15) is 0 Å². The number of hydrogen-bond donors (Lipinski definition) is 3. The predicted octanol–water partition coefficient (Wildman–Crippen LogP) is 0.724. The molecule has 2 rings (SSSR count). The number of carboxylic acids is 1. The second kappa shape index (κ2) is 5.92. The second-order valence-corrected chi connectivity index (χ2v) is 5.04. The third kappa shape index (κ3) is 3.27. The molecule has 0 bridgehead atoms. The molecule has 0 aromatic heterocycles. The number of carboxylic acid groups (broad SMARTS) is 1. The lowest BCUT2D eigenvalue weighted by Gasteiger charge is -2.21. The summed E-state index contributed by atoms with van der Waals surface area (Å²) in [6.07, 6.45) is -0.700. The standard InChI is InChI=1S/C14H18N2O4/c1-9-2-4-10(5-3-9)7-15-14(20)16-8-11(17)6-12(16)13(18)19/h2-5,11-12,17H,6-8H2,1H3,(H,15,20)(H,18,19)/t11?,12-/m0/s1. The third-order valence-corrected chi connectivity index (χ3v) is 3.39. The summed E-state index contributed by atoms with van der Waals surface area (Å²) in [4.78, 5) is 24.2. The van der Waals surface area contributed by atoms with E-state index in [1.54, 1.807) is 0 Å². The van der Waals surface area contributed by atoms with Crippen molar-refractivity contribution in [1.29, 1.82) is 0 Å². The van der Waals surface area contributed by atoms with Gasteiger partial charge in [-0.05, 0) is 12.5 Å². The molecule has 6 nitrogen and oxygen atoms in total. The third-order valence-electron chi connectivity index (χ3n) is 3.39. The molecule has 1 aliphatic heterocycles. The molecular weight excluding hydrogens is 260 g/mol. The summed E-state index contributed by atoms with van der Waals surface area (Å²) in [6.45, 7) is 2.36. The molecular formula is C14H18N2O4. The minimum atomic E-state index is -1.09. The minimum absolute atomic E-state index is 0.0523. The van der Waals surface area contributed by atoms with Crippen LogP contribution in [0.5, 0.6) is 0 Å². The molecule has 0 spiro atoms. The van der Waals surface area contributed by atoms with Gasteiger partial charge in [-0.15, -0.1) is 0 Å². The number of aliphatic carboxylic acids is 1. The number of rotatable bonds is 3. The molecule has 2 amide bonds. The normalized spacial score (nSPS) is 21.8. The van der Waals surface area contributed by atoms with Crippen LogP contribution in [0.25, 0.3) is 0 Å². The van der Waals surface area contributed by atoms with E-state index >= 15 is 0 Å². The second-order valence-electron chi connectivity index (χ2n) is 5.04. The first-order valence-corrected chi connectivity index (χ1v) is 6.48. The highest BCUT2D eigenvalue weighted by Gasteiger charge is 2.38. The van der Waals surface area contributed by atoms with E-state index < -0.39 is 24.1 Å². The van der Waals surface area contributed by atoms with Gasteiger partial charge in [0.2, 0.25) is 0 Å². The predicted molar refractivity (Wildman–Crippen MR) is 72.2 cm³/mol. The Balaban J connectivity index is 1.94. The van der Waals surface area contributed by atoms with E-state index in [9.17, 15) is 14.7 Å². The van der Waals surface area contributed by atoms with Gasteiger partial charge in [0.05, 0.1) is 6.10 Å². The summed E-state index contributed by atoms with van der Waals surface area (Å²) in [5.41, 5.74) is 2.07. The molecule has 2 atom stereocenters. The zero-order chi connectivity index (χ0) is 14.7. The lowest BCUT2D eigenvalue weighted by molar-refractivity contribution is -0.141. The van der Waals surface area contributed by atoms with Crippen molar-refractivity contribution in [3.63, 3.8) is 0 Å². The smallest absolute Gasteiger partial charge is 0.326 e. The van der Waals surface area contributed by atoms with Crippen molar-refractivity contribution in [2.45, 2.75) is 32.0 Å². The van der Waals surface area contributed by atoms with Gasteiger partial charge in [0.15, 0.2) is 0 Å². The number of aliphatic hydroxyl groups excluding tert-OH is 1. The number of nitrogens with zero attached hydrogens (tertiary/aromatic N) is 1. The molecule has 1 aromatic rings. The van der Waals surface area contributed by atoms with E-state index in [4.69, 9.17) is 5.11 Å². The summed E-state index contributed by atoms with van der Waals surface area (Å²) in [5, 5.41) is 21.2. The Hall–Kier alpha value is -2.08. The summed E-state index contributed by atoms with van der Waals surface area (Å²) < 4.78 is 0. The van der Waals surface area contributed by atoms with Crippen LogP contribution in [0.15, 0.2) is 24.3 Å². The van der Waals surface area contributed by atoms with Crippen molar-refractivity contribution in [2.75, 3.05) is 6.54 Å². The topological polar surface area (TPSA) is 89.9 Å². The molecule has 0 radical (unpaired) electrons. The molecule has 3 N–H and O–H groups in total. The van der Waals surface area contributed by atoms with Crippen LogP contribution in [0.2, 0.25) is 0 Å². The Morgan fingerprint density at radius 2 is 2.00 bits per heavy atom. The maximum Gasteiger partial charge on any atom is 0.326 e. The fraction of sp³-hybridized carbons (Fsp3) is 0.429. The zero-order valence-corrected chi connectivity index (χ0v) is 11.2. The summed E-state index contributed by atoms with van der Waals surface area (Å²) in [5.74, 6) is -1.09. The van der Waals surface area contributed by atoms with Gasteiger partial charge in [0, 0.05) is 19.5 Å². The number of amides is 2. The maximum absolute atomic E-state index is 12.0. The highest BCUT2D eigenvalue weighted by atomic mass is 16.4. The van der Waals surface area contributed by atoms with E-state index in [1.165, 1.54) is 4.90 Å². The fourth-order valence-corrected chi connectivity index (χ4v) is 2.26. The number of likely N-dealkylation sites (tertiary alicyclic amines) is 1. The van der Waals surface area contributed by atoms with Gasteiger partial charge in [0.1, 0.15) is 6.04 Å². The van der Waals surface area contributed by atoms with E-state index in [-0.39, 0.29) is 13.0 Å². The van der Waals surface area contributed by atoms with Crippen molar-refractivity contribution in [3.8, 4) is 0 Å². The highest BCUT2D eigenvalue weighted by molar-refractivity contribution is 5.83. The van der Waals surface area contributed by atoms with Crippen LogP contribution in [0.3, 0.4) is 0 Å². The molecule has 20 heavy (non-hydrogen) atoms. The first-order valence-electron chi connectivity index (χ1n) is 6.48. The Morgan fingerprint density at radius 1 is 1.35 bits per heavy atom. The number of hydrogen-bond acceptors (Lipinski definition) is 3. The number of aliphatic hydroxyl groups is 1. The monoisotopic (exact) mass is 278 g/mol. The van der Waals surface area contributed by atoms with E-state index in [1.807, 2.05) is 31.2 Å². The molecule has 1 saturated heterocycles. The van der Waals surface area contributed by atoms with E-state index in [0.717, 1.165) is 11.1 Å². The van der Waals surface area contributed by atoms with Gasteiger partial charge in [-0.1, -0.05) is 29.8 Å². The number of carbonyl (C=O) groups is 2. The van der Waals surface area contributed by atoms with Crippen molar-refractivity contribution in [1.82, 2.24) is 10.2 Å². The van der Waals surface area contributed by atoms with Gasteiger partial charge in [-0.3, -0.25) is 0 Å². The number of nitrogens with one attached hydrogen (secondary N) is 1. The molecule has 108 valence electrons. The van der Waals surface area contributed by atoms with E-state index in [2.05, 4.69) is 5.32 Å². The maximum atomic E-state index is 12.0. The Bertz CT molecular complexity index is 500. The minimum Gasteiger partial charge on any atom is -0.480 e. The van der Waals surface area contributed by atoms with Crippen LogP contribution in [0.4, 0.5) is 4.79 Å². The van der Waals surface area contributed by atoms with Gasteiger partial charge < -0.3 is 20.4 Å². The number of carbonyl (C=O) groups excluding carboxylic acids is 1. The number of β-amino-alcohol motifs (C(OH)–C–C–N with tert-alkyl or cyclic N) is 1. The van der Waals surface area contributed by atoms with Crippen LogP contribution in [0.1, 0.15) is 17.5 Å². The summed E-state index contributed by atoms with van der Waals surface area (Å²) in [7, 11) is 0. The van der Waals surface area contributed by atoms with Crippen LogP contribution in [-0.4, -0.2) is 45.8 Å². The van der Waals surface area contributed by atoms with Gasteiger partial charge >= 0.3 is 12.0 Å². The average molecular weight is 278 g/mol. The quantitative estimate of drug-likeness (QED) is 0.760. The molecule has 0 aliphatic carbocycles. The van der Waals surface area contributed by atoms with Crippen molar-refractivity contribution in [3.05, 3.63) is 35.4 Å². The number of benzene rings is 1.